The number of rotatable bonds is 5. The molecule has 0 aliphatic carbocycles. The predicted octanol–water partition coefficient (Wildman–Crippen LogP) is 8.53. The van der Waals surface area contributed by atoms with Gasteiger partial charge in [-0.25, -0.2) is 4.98 Å². The Labute approximate surface area is 286 Å². The molecule has 0 unspecified atom stereocenters. The van der Waals surface area contributed by atoms with E-state index in [1.807, 2.05) is 30.9 Å². The summed E-state index contributed by atoms with van der Waals surface area (Å²) in [5, 5.41) is 19.0. The number of pyridine rings is 2. The molecule has 0 bridgehead atoms. The summed E-state index contributed by atoms with van der Waals surface area (Å²) in [7, 11) is 0. The van der Waals surface area contributed by atoms with Gasteiger partial charge in [-0.1, -0.05) is 50.2 Å². The van der Waals surface area contributed by atoms with Crippen molar-refractivity contribution in [3.05, 3.63) is 82.3 Å². The Balaban J connectivity index is 0.000000874. The van der Waals surface area contributed by atoms with Gasteiger partial charge in [0.15, 0.2) is 0 Å². The maximum Gasteiger partial charge on any atom is 0.433 e. The zero-order chi connectivity index (χ0) is 35.9. The Bertz CT molecular complexity index is 1850. The van der Waals surface area contributed by atoms with E-state index in [1.165, 1.54) is 6.07 Å². The number of aromatic nitrogens is 2. The Hall–Kier alpha value is -4.18. The Kier molecular flexibility index (Phi) is 10.0. The molecule has 6 rings (SSSR count). The molecule has 1 fully saturated rings. The first-order chi connectivity index (χ1) is 22.8. The molecule has 0 radical (unpaired) electrons. The van der Waals surface area contributed by atoms with Crippen molar-refractivity contribution < 1.29 is 28.2 Å². The van der Waals surface area contributed by atoms with Gasteiger partial charge >= 0.3 is 12.1 Å². The third-order valence-corrected chi connectivity index (χ3v) is 9.25. The number of aliphatic carboxylic acids is 1. The van der Waals surface area contributed by atoms with Gasteiger partial charge in [0.1, 0.15) is 5.69 Å². The van der Waals surface area contributed by atoms with Crippen molar-refractivity contribution >= 4 is 28.2 Å². The van der Waals surface area contributed by atoms with Gasteiger partial charge in [-0.3, -0.25) is 9.78 Å². The number of anilines is 2. The van der Waals surface area contributed by atoms with Gasteiger partial charge in [0.05, 0.1) is 23.2 Å². The average Bonchev–Trinajstić information content (AvgIpc) is 3.00. The van der Waals surface area contributed by atoms with Gasteiger partial charge in [0, 0.05) is 59.8 Å². The second-order valence-corrected chi connectivity index (χ2v) is 15.1. The molecule has 0 amide bonds. The first-order valence-electron chi connectivity index (χ1n) is 16.8. The number of carboxylic acid groups (broad SMARTS) is 1. The summed E-state index contributed by atoms with van der Waals surface area (Å²) in [6, 6.07) is 14.4. The van der Waals surface area contributed by atoms with Gasteiger partial charge < -0.3 is 20.0 Å². The molecule has 0 atom stereocenters. The van der Waals surface area contributed by atoms with Gasteiger partial charge in [-0.2, -0.15) is 13.2 Å². The second kappa shape index (κ2) is 13.6. The molecule has 7 nitrogen and oxygen atoms in total. The molecular formula is C39H47F3N4O3. The minimum absolute atomic E-state index is 0.0962. The SMILES string of the molecule is CC(C)(C)O.Cc1nc(C)c(-c2ccc3c(c2)CCN(c2cc(C(F)(F)F)nc4ccccc24)C3)c(N2CCC(C)(C)CC2)c1CC(=O)O. The van der Waals surface area contributed by atoms with Crippen LogP contribution in [0.5, 0.6) is 0 Å². The molecule has 4 heterocycles. The molecule has 2 aliphatic heterocycles. The molecule has 0 spiro atoms. The first kappa shape index (κ1) is 36.1. The van der Waals surface area contributed by atoms with Gasteiger partial charge in [0.2, 0.25) is 0 Å². The zero-order valence-corrected chi connectivity index (χ0v) is 29.5. The van der Waals surface area contributed by atoms with Gasteiger partial charge in [-0.05, 0) is 88.1 Å². The molecule has 49 heavy (non-hydrogen) atoms. The van der Waals surface area contributed by atoms with Crippen LogP contribution in [0.4, 0.5) is 24.5 Å². The number of carbonyl (C=O) groups is 1. The third kappa shape index (κ3) is 8.52. The fraction of sp³-hybridized carbons (Fsp3) is 0.462. The number of para-hydroxylation sites is 1. The van der Waals surface area contributed by atoms with Crippen LogP contribution in [0.2, 0.25) is 0 Å². The molecule has 2 aromatic heterocycles. The molecule has 4 aromatic rings. The van der Waals surface area contributed by atoms with Crippen LogP contribution in [0.25, 0.3) is 22.0 Å². The highest BCUT2D eigenvalue weighted by molar-refractivity contribution is 5.92. The Morgan fingerprint density at radius 1 is 0.898 bits per heavy atom. The lowest BCUT2D eigenvalue weighted by Gasteiger charge is -2.40. The number of halogens is 3. The lowest BCUT2D eigenvalue weighted by atomic mass is 9.82. The molecule has 2 aliphatic rings. The van der Waals surface area contributed by atoms with E-state index in [0.29, 0.717) is 36.1 Å². The second-order valence-electron chi connectivity index (χ2n) is 15.1. The summed E-state index contributed by atoms with van der Waals surface area (Å²) in [5.41, 5.74) is 7.17. The van der Waals surface area contributed by atoms with Crippen molar-refractivity contribution in [3.63, 3.8) is 0 Å². The standard InChI is InChI=1S/C35H37F3N4O2.C4H10O/c1-21-27(18-31(43)44)33(41-15-12-34(3,4)13-16-41)32(22(2)39-21)24-9-10-25-20-42(14-11-23(25)17-24)29-19-30(35(36,37)38)40-28-8-6-5-7-26(28)29;1-4(2,3)5/h5-10,17,19H,11-16,18,20H2,1-4H3,(H,43,44);5H,1-3H3. The van der Waals surface area contributed by atoms with Crippen LogP contribution in [0.15, 0.2) is 48.5 Å². The van der Waals surface area contributed by atoms with E-state index in [-0.39, 0.29) is 11.8 Å². The van der Waals surface area contributed by atoms with Crippen LogP contribution in [-0.4, -0.2) is 51.4 Å². The normalized spacial score (nSPS) is 16.2. The van der Waals surface area contributed by atoms with Crippen molar-refractivity contribution in [2.24, 2.45) is 5.41 Å². The number of aliphatic hydroxyl groups is 1. The van der Waals surface area contributed by atoms with E-state index < -0.39 is 23.4 Å². The zero-order valence-electron chi connectivity index (χ0n) is 29.5. The van der Waals surface area contributed by atoms with E-state index in [9.17, 15) is 23.1 Å². The van der Waals surface area contributed by atoms with E-state index in [4.69, 9.17) is 10.1 Å². The number of fused-ring (bicyclic) bond motifs is 2. The summed E-state index contributed by atoms with van der Waals surface area (Å²) in [5.74, 6) is -0.883. The van der Waals surface area contributed by atoms with Crippen molar-refractivity contribution in [1.82, 2.24) is 9.97 Å². The lowest BCUT2D eigenvalue weighted by Crippen LogP contribution is -2.38. The average molecular weight is 677 g/mol. The number of nitrogens with zero attached hydrogens (tertiary/aromatic N) is 4. The van der Waals surface area contributed by atoms with Crippen LogP contribution in [0, 0.1) is 19.3 Å². The van der Waals surface area contributed by atoms with Gasteiger partial charge in [0.25, 0.3) is 0 Å². The smallest absolute Gasteiger partial charge is 0.433 e. The van der Waals surface area contributed by atoms with Crippen LogP contribution >= 0.6 is 0 Å². The summed E-state index contributed by atoms with van der Waals surface area (Å²) in [6.07, 6.45) is -1.95. The minimum Gasteiger partial charge on any atom is -0.481 e. The van der Waals surface area contributed by atoms with Crippen molar-refractivity contribution in [1.29, 1.82) is 0 Å². The quantitative estimate of drug-likeness (QED) is 0.219. The third-order valence-electron chi connectivity index (χ3n) is 9.25. The summed E-state index contributed by atoms with van der Waals surface area (Å²) in [4.78, 5) is 25.0. The summed E-state index contributed by atoms with van der Waals surface area (Å²) in [6.45, 7) is 16.4. The molecule has 2 N–H and O–H groups in total. The number of alkyl halides is 3. The van der Waals surface area contributed by atoms with Crippen molar-refractivity contribution in [2.45, 2.75) is 92.5 Å². The number of aryl methyl sites for hydroxylation is 2. The molecule has 262 valence electrons. The van der Waals surface area contributed by atoms with Crippen LogP contribution in [-0.2, 0) is 30.4 Å². The molecule has 10 heteroatoms. The van der Waals surface area contributed by atoms with Crippen LogP contribution in [0.1, 0.15) is 81.2 Å². The Morgan fingerprint density at radius 3 is 2.18 bits per heavy atom. The highest BCUT2D eigenvalue weighted by atomic mass is 19.4. The van der Waals surface area contributed by atoms with E-state index in [1.54, 1.807) is 32.9 Å². The minimum atomic E-state index is -4.54. The van der Waals surface area contributed by atoms with E-state index >= 15 is 0 Å². The number of benzene rings is 2. The van der Waals surface area contributed by atoms with E-state index in [2.05, 4.69) is 41.9 Å². The fourth-order valence-corrected chi connectivity index (χ4v) is 6.74. The monoisotopic (exact) mass is 676 g/mol. The lowest BCUT2D eigenvalue weighted by molar-refractivity contribution is -0.141. The topological polar surface area (TPSA) is 89.8 Å². The largest absolute Gasteiger partial charge is 0.481 e. The van der Waals surface area contributed by atoms with E-state index in [0.717, 1.165) is 70.8 Å². The highest BCUT2D eigenvalue weighted by Crippen LogP contribution is 2.43. The van der Waals surface area contributed by atoms with Crippen molar-refractivity contribution in [3.8, 4) is 11.1 Å². The predicted molar refractivity (Wildman–Crippen MR) is 189 cm³/mol. The van der Waals surface area contributed by atoms with Crippen LogP contribution in [0.3, 0.4) is 0 Å². The fourth-order valence-electron chi connectivity index (χ4n) is 6.74. The van der Waals surface area contributed by atoms with Crippen molar-refractivity contribution in [2.75, 3.05) is 29.4 Å². The first-order valence-corrected chi connectivity index (χ1v) is 16.8. The number of hydrogen-bond acceptors (Lipinski definition) is 6. The number of carboxylic acids is 1. The summed E-state index contributed by atoms with van der Waals surface area (Å²) < 4.78 is 41.2. The van der Waals surface area contributed by atoms with Gasteiger partial charge in [-0.15, -0.1) is 0 Å². The van der Waals surface area contributed by atoms with Crippen LogP contribution < -0.4 is 9.80 Å². The summed E-state index contributed by atoms with van der Waals surface area (Å²) >= 11 is 0. The molecule has 0 saturated carbocycles. The Morgan fingerprint density at radius 2 is 1.55 bits per heavy atom. The molecule has 2 aromatic carbocycles. The highest BCUT2D eigenvalue weighted by Gasteiger charge is 2.35. The number of piperidine rings is 1. The maximum atomic E-state index is 13.7. The number of hydrogen-bond donors (Lipinski definition) is 2. The molecule has 1 saturated heterocycles. The maximum absolute atomic E-state index is 13.7. The molecular weight excluding hydrogens is 629 g/mol.